The number of rotatable bonds is 8. The monoisotopic (exact) mass is 295 g/mol. The van der Waals surface area contributed by atoms with Gasteiger partial charge in [-0.1, -0.05) is 38.7 Å². The first kappa shape index (κ1) is 15.8. The third-order valence-electron chi connectivity index (χ3n) is 4.02. The van der Waals surface area contributed by atoms with E-state index < -0.39 is 0 Å². The van der Waals surface area contributed by atoms with Crippen LogP contribution in [0.1, 0.15) is 45.4 Å². The Bertz CT molecular complexity index is 390. The number of thioether (sulfide) groups is 1. The highest BCUT2D eigenvalue weighted by molar-refractivity contribution is 7.99. The largest absolute Gasteiger partial charge is 0.313 e. The molecule has 0 aromatic heterocycles. The van der Waals surface area contributed by atoms with Crippen molar-refractivity contribution in [1.29, 1.82) is 0 Å². The summed E-state index contributed by atoms with van der Waals surface area (Å²) >= 11 is 1.77. The summed E-state index contributed by atoms with van der Waals surface area (Å²) in [5, 5.41) is 3.67. The molecule has 0 aliphatic heterocycles. The Morgan fingerprint density at radius 3 is 2.85 bits per heavy atom. The van der Waals surface area contributed by atoms with E-state index in [1.54, 1.807) is 23.9 Å². The van der Waals surface area contributed by atoms with Crippen molar-refractivity contribution in [1.82, 2.24) is 5.32 Å². The molecule has 1 aliphatic carbocycles. The maximum absolute atomic E-state index is 13.2. The van der Waals surface area contributed by atoms with E-state index in [0.717, 1.165) is 23.1 Å². The van der Waals surface area contributed by atoms with Crippen LogP contribution in [0, 0.1) is 11.7 Å². The first-order valence-electron chi connectivity index (χ1n) is 7.89. The lowest BCUT2D eigenvalue weighted by Crippen LogP contribution is -2.33. The van der Waals surface area contributed by atoms with Gasteiger partial charge in [-0.15, -0.1) is 11.8 Å². The van der Waals surface area contributed by atoms with Crippen LogP contribution >= 0.6 is 11.8 Å². The summed E-state index contributed by atoms with van der Waals surface area (Å²) in [5.74, 6) is 1.81. The van der Waals surface area contributed by atoms with E-state index in [2.05, 4.69) is 12.2 Å². The molecule has 0 spiro atoms. The van der Waals surface area contributed by atoms with E-state index in [9.17, 15) is 4.39 Å². The van der Waals surface area contributed by atoms with Crippen LogP contribution in [0.25, 0.3) is 0 Å². The summed E-state index contributed by atoms with van der Waals surface area (Å²) < 4.78 is 13.2. The summed E-state index contributed by atoms with van der Waals surface area (Å²) in [6, 6.07) is 7.50. The van der Waals surface area contributed by atoms with E-state index in [1.165, 1.54) is 44.6 Å². The van der Waals surface area contributed by atoms with E-state index in [-0.39, 0.29) is 5.82 Å². The summed E-state index contributed by atoms with van der Waals surface area (Å²) in [6.45, 7) is 3.29. The molecule has 0 heterocycles. The van der Waals surface area contributed by atoms with Gasteiger partial charge in [0.05, 0.1) is 0 Å². The van der Waals surface area contributed by atoms with E-state index in [1.807, 2.05) is 6.07 Å². The summed E-state index contributed by atoms with van der Waals surface area (Å²) in [7, 11) is 0. The highest BCUT2D eigenvalue weighted by atomic mass is 32.2. The van der Waals surface area contributed by atoms with Crippen LogP contribution in [-0.2, 0) is 0 Å². The van der Waals surface area contributed by atoms with Crippen molar-refractivity contribution >= 4 is 11.8 Å². The number of benzene rings is 1. The van der Waals surface area contributed by atoms with Crippen LogP contribution in [0.4, 0.5) is 4.39 Å². The first-order chi connectivity index (χ1) is 9.78. The fourth-order valence-electron chi connectivity index (χ4n) is 2.96. The average Bonchev–Trinajstić information content (AvgIpc) is 2.95. The molecule has 0 bridgehead atoms. The highest BCUT2D eigenvalue weighted by Crippen LogP contribution is 2.30. The topological polar surface area (TPSA) is 12.0 Å². The van der Waals surface area contributed by atoms with Gasteiger partial charge in [-0.05, 0) is 43.5 Å². The van der Waals surface area contributed by atoms with Crippen molar-refractivity contribution in [3.63, 3.8) is 0 Å². The molecule has 1 aromatic carbocycles. The second kappa shape index (κ2) is 8.68. The zero-order valence-electron chi connectivity index (χ0n) is 12.4. The molecule has 0 saturated heterocycles. The van der Waals surface area contributed by atoms with E-state index in [0.29, 0.717) is 6.04 Å². The van der Waals surface area contributed by atoms with Crippen molar-refractivity contribution in [3.05, 3.63) is 30.1 Å². The third-order valence-corrected chi connectivity index (χ3v) is 5.18. The molecule has 112 valence electrons. The van der Waals surface area contributed by atoms with Crippen molar-refractivity contribution in [2.45, 2.75) is 56.4 Å². The zero-order valence-corrected chi connectivity index (χ0v) is 13.2. The van der Waals surface area contributed by atoms with Crippen molar-refractivity contribution in [2.24, 2.45) is 5.92 Å². The molecule has 1 nitrogen and oxygen atoms in total. The molecule has 1 unspecified atom stereocenters. The van der Waals surface area contributed by atoms with Gasteiger partial charge in [-0.3, -0.25) is 0 Å². The third kappa shape index (κ3) is 5.45. The molecule has 0 amide bonds. The van der Waals surface area contributed by atoms with Gasteiger partial charge in [-0.25, -0.2) is 4.39 Å². The first-order valence-corrected chi connectivity index (χ1v) is 8.88. The predicted molar refractivity (Wildman–Crippen MR) is 85.8 cm³/mol. The van der Waals surface area contributed by atoms with Gasteiger partial charge in [0.1, 0.15) is 5.82 Å². The fourth-order valence-corrected chi connectivity index (χ4v) is 3.98. The Labute approximate surface area is 126 Å². The average molecular weight is 295 g/mol. The van der Waals surface area contributed by atoms with Crippen LogP contribution in [0.3, 0.4) is 0 Å². The Balaban J connectivity index is 1.82. The van der Waals surface area contributed by atoms with E-state index in [4.69, 9.17) is 0 Å². The molecular weight excluding hydrogens is 269 g/mol. The van der Waals surface area contributed by atoms with Crippen LogP contribution in [0.15, 0.2) is 29.2 Å². The van der Waals surface area contributed by atoms with Gasteiger partial charge < -0.3 is 5.32 Å². The quantitative estimate of drug-likeness (QED) is 0.687. The Morgan fingerprint density at radius 2 is 2.15 bits per heavy atom. The highest BCUT2D eigenvalue weighted by Gasteiger charge is 2.20. The molecule has 2 rings (SSSR count). The minimum absolute atomic E-state index is 0.135. The Morgan fingerprint density at radius 1 is 1.35 bits per heavy atom. The fraction of sp³-hybridized carbons (Fsp3) is 0.647. The van der Waals surface area contributed by atoms with Crippen molar-refractivity contribution in [2.75, 3.05) is 12.3 Å². The Hall–Kier alpha value is -0.540. The zero-order chi connectivity index (χ0) is 14.2. The predicted octanol–water partition coefficient (Wildman–Crippen LogP) is 4.87. The standard InChI is InChI=1S/C17H26FNS/c1-2-10-19-16(11-14-6-3-4-7-14)13-20-17-9-5-8-15(18)12-17/h5,8-9,12,14,16,19H,2-4,6-7,10-11,13H2,1H3. The smallest absolute Gasteiger partial charge is 0.124 e. The lowest BCUT2D eigenvalue weighted by atomic mass is 9.99. The molecule has 1 saturated carbocycles. The van der Waals surface area contributed by atoms with Gasteiger partial charge in [0.2, 0.25) is 0 Å². The number of halogens is 1. The second-order valence-corrected chi connectivity index (χ2v) is 6.90. The van der Waals surface area contributed by atoms with Crippen LogP contribution in [0.2, 0.25) is 0 Å². The Kier molecular flexibility index (Phi) is 6.88. The molecule has 1 aliphatic rings. The van der Waals surface area contributed by atoms with Gasteiger partial charge in [0.15, 0.2) is 0 Å². The van der Waals surface area contributed by atoms with Gasteiger partial charge in [-0.2, -0.15) is 0 Å². The summed E-state index contributed by atoms with van der Waals surface area (Å²) in [5.41, 5.74) is 0. The molecule has 20 heavy (non-hydrogen) atoms. The molecule has 3 heteroatoms. The van der Waals surface area contributed by atoms with Gasteiger partial charge in [0, 0.05) is 16.7 Å². The summed E-state index contributed by atoms with van der Waals surface area (Å²) in [6.07, 6.45) is 8.06. The van der Waals surface area contributed by atoms with Crippen LogP contribution in [-0.4, -0.2) is 18.3 Å². The maximum Gasteiger partial charge on any atom is 0.124 e. The molecule has 1 atom stereocenters. The van der Waals surface area contributed by atoms with Gasteiger partial charge >= 0.3 is 0 Å². The minimum atomic E-state index is -0.135. The SMILES string of the molecule is CCCNC(CSc1cccc(F)c1)CC1CCCC1. The summed E-state index contributed by atoms with van der Waals surface area (Å²) in [4.78, 5) is 1.04. The van der Waals surface area contributed by atoms with Gasteiger partial charge in [0.25, 0.3) is 0 Å². The number of hydrogen-bond donors (Lipinski definition) is 1. The molecular formula is C17H26FNS. The normalized spacial score (nSPS) is 17.5. The van der Waals surface area contributed by atoms with E-state index >= 15 is 0 Å². The van der Waals surface area contributed by atoms with Crippen LogP contribution < -0.4 is 5.32 Å². The second-order valence-electron chi connectivity index (χ2n) is 5.81. The maximum atomic E-state index is 13.2. The lowest BCUT2D eigenvalue weighted by Gasteiger charge is -2.21. The van der Waals surface area contributed by atoms with Crippen LogP contribution in [0.5, 0.6) is 0 Å². The molecule has 1 aromatic rings. The number of nitrogens with one attached hydrogen (secondary N) is 1. The molecule has 1 fully saturated rings. The van der Waals surface area contributed by atoms with Crippen molar-refractivity contribution in [3.8, 4) is 0 Å². The minimum Gasteiger partial charge on any atom is -0.313 e. The molecule has 0 radical (unpaired) electrons. The number of hydrogen-bond acceptors (Lipinski definition) is 2. The van der Waals surface area contributed by atoms with Crippen molar-refractivity contribution < 1.29 is 4.39 Å². The lowest BCUT2D eigenvalue weighted by molar-refractivity contribution is 0.410. The molecule has 1 N–H and O–H groups in total.